The normalized spacial score (nSPS) is 12.6. The van der Waals surface area contributed by atoms with Crippen LogP contribution in [0.2, 0.25) is 0 Å². The molecule has 2 aromatic carbocycles. The van der Waals surface area contributed by atoms with Gasteiger partial charge in [0.25, 0.3) is 0 Å². The molecule has 118 valence electrons. The molecule has 0 saturated heterocycles. The van der Waals surface area contributed by atoms with E-state index in [0.717, 1.165) is 29.1 Å². The molecule has 3 N–H and O–H groups in total. The number of anilines is 3. The van der Waals surface area contributed by atoms with Gasteiger partial charge in [-0.1, -0.05) is 35.9 Å². The molecule has 1 aliphatic heterocycles. The second-order valence-corrected chi connectivity index (χ2v) is 5.83. The van der Waals surface area contributed by atoms with Gasteiger partial charge < -0.3 is 11.1 Å². The minimum absolute atomic E-state index is 0.253. The summed E-state index contributed by atoms with van der Waals surface area (Å²) in [6.45, 7) is 2.81. The van der Waals surface area contributed by atoms with Crippen LogP contribution in [0.3, 0.4) is 0 Å². The summed E-state index contributed by atoms with van der Waals surface area (Å²) in [6.07, 6.45) is 1.64. The smallest absolute Gasteiger partial charge is 0.221 e. The lowest BCUT2D eigenvalue weighted by Gasteiger charge is -2.09. The van der Waals surface area contributed by atoms with E-state index in [9.17, 15) is 0 Å². The van der Waals surface area contributed by atoms with Crippen LogP contribution in [-0.2, 0) is 6.54 Å². The lowest BCUT2D eigenvalue weighted by molar-refractivity contribution is 1.11. The predicted octanol–water partition coefficient (Wildman–Crippen LogP) is 3.46. The summed E-state index contributed by atoms with van der Waals surface area (Å²) in [5.41, 5.74) is 12.4. The minimum atomic E-state index is 0.253. The summed E-state index contributed by atoms with van der Waals surface area (Å²) in [5, 5.41) is 3.27. The number of fused-ring (bicyclic) bond motifs is 1. The van der Waals surface area contributed by atoms with Crippen molar-refractivity contribution in [3.05, 3.63) is 77.0 Å². The number of hydrogen-bond acceptors (Lipinski definition) is 5. The average molecular weight is 315 g/mol. The highest BCUT2D eigenvalue weighted by atomic mass is 15.1. The molecular formula is C19H17N5. The SMILES string of the molecule is Cc1ccc(C2=NCc3ccc(Nc4ccnc(N)n4)cc32)cc1. The van der Waals surface area contributed by atoms with Gasteiger partial charge in [0, 0.05) is 23.0 Å². The van der Waals surface area contributed by atoms with Gasteiger partial charge >= 0.3 is 0 Å². The second-order valence-electron chi connectivity index (χ2n) is 5.83. The van der Waals surface area contributed by atoms with Crippen molar-refractivity contribution in [1.29, 1.82) is 0 Å². The van der Waals surface area contributed by atoms with Crippen molar-refractivity contribution in [2.75, 3.05) is 11.1 Å². The summed E-state index contributed by atoms with van der Waals surface area (Å²) < 4.78 is 0. The number of nitrogens with two attached hydrogens (primary N) is 1. The molecule has 24 heavy (non-hydrogen) atoms. The molecule has 3 aromatic rings. The van der Waals surface area contributed by atoms with Gasteiger partial charge in [-0.25, -0.2) is 4.98 Å². The molecule has 4 rings (SSSR count). The van der Waals surface area contributed by atoms with Crippen molar-refractivity contribution in [1.82, 2.24) is 9.97 Å². The monoisotopic (exact) mass is 315 g/mol. The fourth-order valence-corrected chi connectivity index (χ4v) is 2.81. The Kier molecular flexibility index (Phi) is 3.46. The lowest BCUT2D eigenvalue weighted by atomic mass is 9.99. The molecule has 0 fully saturated rings. The number of nitrogens with zero attached hydrogens (tertiary/aromatic N) is 3. The molecule has 5 heteroatoms. The Balaban J connectivity index is 1.66. The van der Waals surface area contributed by atoms with Crippen LogP contribution in [0.5, 0.6) is 0 Å². The Hall–Kier alpha value is -3.21. The lowest BCUT2D eigenvalue weighted by Crippen LogP contribution is -2.03. The summed E-state index contributed by atoms with van der Waals surface area (Å²) >= 11 is 0. The van der Waals surface area contributed by atoms with Crippen LogP contribution in [0, 0.1) is 6.92 Å². The minimum Gasteiger partial charge on any atom is -0.368 e. The van der Waals surface area contributed by atoms with E-state index in [4.69, 9.17) is 10.7 Å². The number of aryl methyl sites for hydroxylation is 1. The standard InChI is InChI=1S/C19H17N5/c1-12-2-4-13(5-3-12)18-16-10-15(7-6-14(16)11-22-18)23-17-8-9-21-19(20)24-17/h2-10H,11H2,1H3,(H3,20,21,23,24). The van der Waals surface area contributed by atoms with Crippen LogP contribution in [0.25, 0.3) is 0 Å². The van der Waals surface area contributed by atoms with Crippen molar-refractivity contribution in [2.24, 2.45) is 4.99 Å². The topological polar surface area (TPSA) is 76.2 Å². The van der Waals surface area contributed by atoms with Gasteiger partial charge in [-0.05, 0) is 30.7 Å². The molecular weight excluding hydrogens is 298 g/mol. The molecule has 0 atom stereocenters. The maximum absolute atomic E-state index is 5.63. The van der Waals surface area contributed by atoms with E-state index in [1.54, 1.807) is 12.3 Å². The Morgan fingerprint density at radius 3 is 2.67 bits per heavy atom. The van der Waals surface area contributed by atoms with E-state index in [-0.39, 0.29) is 5.95 Å². The first-order valence-electron chi connectivity index (χ1n) is 7.79. The van der Waals surface area contributed by atoms with Crippen LogP contribution < -0.4 is 11.1 Å². The van der Waals surface area contributed by atoms with Crippen LogP contribution in [0.4, 0.5) is 17.5 Å². The number of benzene rings is 2. The summed E-state index contributed by atoms with van der Waals surface area (Å²) in [6, 6.07) is 16.5. The third-order valence-electron chi connectivity index (χ3n) is 4.04. The van der Waals surface area contributed by atoms with Crippen molar-refractivity contribution in [3.8, 4) is 0 Å². The molecule has 5 nitrogen and oxygen atoms in total. The molecule has 0 radical (unpaired) electrons. The van der Waals surface area contributed by atoms with E-state index in [1.807, 2.05) is 6.07 Å². The van der Waals surface area contributed by atoms with Crippen molar-refractivity contribution < 1.29 is 0 Å². The van der Waals surface area contributed by atoms with Crippen LogP contribution in [0.1, 0.15) is 22.3 Å². The molecule has 2 heterocycles. The fraction of sp³-hybridized carbons (Fsp3) is 0.105. The van der Waals surface area contributed by atoms with E-state index >= 15 is 0 Å². The Bertz CT molecular complexity index is 929. The maximum atomic E-state index is 5.63. The van der Waals surface area contributed by atoms with Gasteiger partial charge in [-0.3, -0.25) is 4.99 Å². The second kappa shape index (κ2) is 5.77. The molecule has 0 aliphatic carbocycles. The Morgan fingerprint density at radius 1 is 1.04 bits per heavy atom. The fourth-order valence-electron chi connectivity index (χ4n) is 2.81. The molecule has 0 unspecified atom stereocenters. The highest BCUT2D eigenvalue weighted by Crippen LogP contribution is 2.27. The van der Waals surface area contributed by atoms with Crippen LogP contribution in [0.15, 0.2) is 59.7 Å². The number of hydrogen-bond donors (Lipinski definition) is 2. The molecule has 0 bridgehead atoms. The van der Waals surface area contributed by atoms with Gasteiger partial charge in [0.05, 0.1) is 12.3 Å². The summed E-state index contributed by atoms with van der Waals surface area (Å²) in [4.78, 5) is 12.8. The number of nitrogen functional groups attached to an aromatic ring is 1. The van der Waals surface area contributed by atoms with Gasteiger partial charge in [0.15, 0.2) is 0 Å². The van der Waals surface area contributed by atoms with Crippen molar-refractivity contribution in [2.45, 2.75) is 13.5 Å². The number of aromatic nitrogens is 2. The number of nitrogens with one attached hydrogen (secondary N) is 1. The van der Waals surface area contributed by atoms with E-state index < -0.39 is 0 Å². The maximum Gasteiger partial charge on any atom is 0.221 e. The Morgan fingerprint density at radius 2 is 1.88 bits per heavy atom. The summed E-state index contributed by atoms with van der Waals surface area (Å²) in [7, 11) is 0. The molecule has 1 aliphatic rings. The largest absolute Gasteiger partial charge is 0.368 e. The molecule has 0 amide bonds. The Labute approximate surface area is 140 Å². The molecule has 0 saturated carbocycles. The first-order chi connectivity index (χ1) is 11.7. The third-order valence-corrected chi connectivity index (χ3v) is 4.04. The van der Waals surface area contributed by atoms with E-state index in [2.05, 4.69) is 58.6 Å². The highest BCUT2D eigenvalue weighted by molar-refractivity contribution is 6.15. The number of rotatable bonds is 3. The van der Waals surface area contributed by atoms with Crippen molar-refractivity contribution in [3.63, 3.8) is 0 Å². The van der Waals surface area contributed by atoms with E-state index in [0.29, 0.717) is 5.82 Å². The zero-order valence-electron chi connectivity index (χ0n) is 13.3. The highest BCUT2D eigenvalue weighted by Gasteiger charge is 2.18. The van der Waals surface area contributed by atoms with Gasteiger partial charge in [0.2, 0.25) is 5.95 Å². The van der Waals surface area contributed by atoms with Crippen LogP contribution >= 0.6 is 0 Å². The predicted molar refractivity (Wildman–Crippen MR) is 96.7 cm³/mol. The molecule has 1 aromatic heterocycles. The zero-order valence-corrected chi connectivity index (χ0v) is 13.3. The van der Waals surface area contributed by atoms with Crippen LogP contribution in [-0.4, -0.2) is 15.7 Å². The third kappa shape index (κ3) is 2.72. The molecule has 0 spiro atoms. The van der Waals surface area contributed by atoms with Gasteiger partial charge in [0.1, 0.15) is 5.82 Å². The number of aliphatic imine (C=N–C) groups is 1. The summed E-state index contributed by atoms with van der Waals surface area (Å²) in [5.74, 6) is 0.928. The first kappa shape index (κ1) is 14.4. The van der Waals surface area contributed by atoms with Gasteiger partial charge in [-0.2, -0.15) is 4.98 Å². The first-order valence-corrected chi connectivity index (χ1v) is 7.79. The van der Waals surface area contributed by atoms with Gasteiger partial charge in [-0.15, -0.1) is 0 Å². The quantitative estimate of drug-likeness (QED) is 0.776. The average Bonchev–Trinajstić information content (AvgIpc) is 2.99. The zero-order chi connectivity index (χ0) is 16.5. The van der Waals surface area contributed by atoms with E-state index in [1.165, 1.54) is 11.1 Å². The van der Waals surface area contributed by atoms with Crippen molar-refractivity contribution >= 4 is 23.2 Å².